The van der Waals surface area contributed by atoms with E-state index in [-0.39, 0.29) is 18.0 Å². The molecule has 0 fully saturated rings. The molecule has 0 radical (unpaired) electrons. The number of allylic oxidation sites excluding steroid dienone is 1. The zero-order valence-corrected chi connectivity index (χ0v) is 12.8. The third-order valence-corrected chi connectivity index (χ3v) is 2.82. The van der Waals surface area contributed by atoms with Crippen LogP contribution in [-0.4, -0.2) is 23.7 Å². The highest BCUT2D eigenvalue weighted by atomic mass is 16.6. The second-order valence-corrected chi connectivity index (χ2v) is 4.70. The van der Waals surface area contributed by atoms with Gasteiger partial charge in [-0.3, -0.25) is 14.9 Å². The predicted octanol–water partition coefficient (Wildman–Crippen LogP) is 2.69. The zero-order chi connectivity index (χ0) is 17.4. The van der Waals surface area contributed by atoms with Gasteiger partial charge in [-0.2, -0.15) is 5.10 Å². The van der Waals surface area contributed by atoms with Crippen LogP contribution in [0, 0.1) is 17.0 Å². The normalized spacial score (nSPS) is 11.0. The first kappa shape index (κ1) is 16.9. The fourth-order valence-corrected chi connectivity index (χ4v) is 1.74. The number of carbonyl (C=O) groups is 1. The molecule has 0 atom stereocenters. The average molecular weight is 329 g/mol. The highest BCUT2D eigenvalue weighted by Gasteiger charge is 2.16. The lowest BCUT2D eigenvalue weighted by Crippen LogP contribution is -2.24. The van der Waals surface area contributed by atoms with Crippen molar-refractivity contribution < 1.29 is 18.9 Å². The van der Waals surface area contributed by atoms with E-state index in [1.54, 1.807) is 43.5 Å². The van der Waals surface area contributed by atoms with Crippen LogP contribution in [0.4, 0.5) is 5.69 Å². The molecule has 1 aromatic carbocycles. The molecule has 8 heteroatoms. The maximum atomic E-state index is 11.6. The monoisotopic (exact) mass is 329 g/mol. The second-order valence-electron chi connectivity index (χ2n) is 4.70. The maximum Gasteiger partial charge on any atom is 0.311 e. The van der Waals surface area contributed by atoms with Crippen molar-refractivity contribution in [1.82, 2.24) is 5.43 Å². The summed E-state index contributed by atoms with van der Waals surface area (Å²) in [6.07, 6.45) is 6.17. The van der Waals surface area contributed by atoms with Gasteiger partial charge in [0.1, 0.15) is 5.76 Å². The first-order valence-corrected chi connectivity index (χ1v) is 6.96. The van der Waals surface area contributed by atoms with E-state index in [0.29, 0.717) is 5.76 Å². The van der Waals surface area contributed by atoms with Crippen LogP contribution < -0.4 is 10.2 Å². The number of nitro groups is 1. The Kier molecular flexibility index (Phi) is 5.84. The summed E-state index contributed by atoms with van der Waals surface area (Å²) < 4.78 is 10.2. The minimum absolute atomic E-state index is 0.0300. The van der Waals surface area contributed by atoms with Gasteiger partial charge in [0.05, 0.1) is 11.2 Å². The highest BCUT2D eigenvalue weighted by molar-refractivity contribution is 5.81. The summed E-state index contributed by atoms with van der Waals surface area (Å²) in [4.78, 5) is 22.0. The molecular formula is C16H15N3O5. The number of rotatable bonds is 7. The van der Waals surface area contributed by atoms with Crippen molar-refractivity contribution in [3.63, 3.8) is 0 Å². The summed E-state index contributed by atoms with van der Waals surface area (Å²) in [7, 11) is 0. The number of hydrazone groups is 1. The Morgan fingerprint density at radius 3 is 3.00 bits per heavy atom. The van der Waals surface area contributed by atoms with Crippen LogP contribution in [0.2, 0.25) is 0 Å². The quantitative estimate of drug-likeness (QED) is 0.477. The van der Waals surface area contributed by atoms with Crippen LogP contribution >= 0.6 is 0 Å². The molecule has 124 valence electrons. The Hall–Kier alpha value is -3.42. The summed E-state index contributed by atoms with van der Waals surface area (Å²) in [6, 6.07) is 8.02. The molecule has 24 heavy (non-hydrogen) atoms. The first-order chi connectivity index (χ1) is 11.6. The number of hydrogen-bond donors (Lipinski definition) is 1. The van der Waals surface area contributed by atoms with Crippen molar-refractivity contribution in [2.24, 2.45) is 5.10 Å². The summed E-state index contributed by atoms with van der Waals surface area (Å²) in [6.45, 7) is 1.34. The van der Waals surface area contributed by atoms with Gasteiger partial charge < -0.3 is 9.15 Å². The van der Waals surface area contributed by atoms with E-state index < -0.39 is 10.8 Å². The second kappa shape index (κ2) is 8.28. The maximum absolute atomic E-state index is 11.6. The van der Waals surface area contributed by atoms with E-state index in [1.165, 1.54) is 18.3 Å². The van der Waals surface area contributed by atoms with Gasteiger partial charge in [0.25, 0.3) is 5.91 Å². The van der Waals surface area contributed by atoms with Crippen molar-refractivity contribution >= 4 is 23.9 Å². The van der Waals surface area contributed by atoms with Crippen molar-refractivity contribution in [2.75, 3.05) is 6.61 Å². The molecule has 0 aliphatic carbocycles. The van der Waals surface area contributed by atoms with E-state index in [9.17, 15) is 14.9 Å². The van der Waals surface area contributed by atoms with Crippen molar-refractivity contribution in [3.05, 3.63) is 64.1 Å². The highest BCUT2D eigenvalue weighted by Crippen LogP contribution is 2.27. The lowest BCUT2D eigenvalue weighted by molar-refractivity contribution is -0.385. The largest absolute Gasteiger partial charge is 0.477 e. The van der Waals surface area contributed by atoms with Gasteiger partial charge in [0.15, 0.2) is 12.4 Å². The molecule has 2 rings (SSSR count). The van der Waals surface area contributed by atoms with E-state index in [0.717, 1.165) is 5.56 Å². The molecule has 2 aromatic rings. The predicted molar refractivity (Wildman–Crippen MR) is 87.7 cm³/mol. The first-order valence-electron chi connectivity index (χ1n) is 6.96. The van der Waals surface area contributed by atoms with Crippen LogP contribution in [0.1, 0.15) is 11.3 Å². The molecule has 0 saturated heterocycles. The number of furan rings is 1. The van der Waals surface area contributed by atoms with Crippen molar-refractivity contribution in [2.45, 2.75) is 6.92 Å². The lowest BCUT2D eigenvalue weighted by Gasteiger charge is -2.06. The molecule has 0 aliphatic rings. The number of benzene rings is 1. The molecular weight excluding hydrogens is 314 g/mol. The van der Waals surface area contributed by atoms with Gasteiger partial charge in [-0.15, -0.1) is 0 Å². The molecule has 1 heterocycles. The van der Waals surface area contributed by atoms with Crippen LogP contribution in [0.3, 0.4) is 0 Å². The fourth-order valence-electron chi connectivity index (χ4n) is 1.74. The van der Waals surface area contributed by atoms with Gasteiger partial charge in [-0.1, -0.05) is 6.07 Å². The summed E-state index contributed by atoms with van der Waals surface area (Å²) in [5.41, 5.74) is 2.79. The van der Waals surface area contributed by atoms with E-state index in [1.807, 2.05) is 0 Å². The Morgan fingerprint density at radius 1 is 1.46 bits per heavy atom. The number of ether oxygens (including phenoxy) is 1. The zero-order valence-electron chi connectivity index (χ0n) is 12.8. The number of nitrogens with zero attached hydrogens (tertiary/aromatic N) is 2. The average Bonchev–Trinajstić information content (AvgIpc) is 3.06. The van der Waals surface area contributed by atoms with Crippen LogP contribution in [0.5, 0.6) is 5.75 Å². The number of amides is 1. The van der Waals surface area contributed by atoms with Gasteiger partial charge in [0, 0.05) is 12.3 Å². The SMILES string of the molecule is Cc1ccc(OCC(=O)NN=CC=Cc2ccco2)c([N+](=O)[O-])c1. The molecule has 0 spiro atoms. The fraction of sp³-hybridized carbons (Fsp3) is 0.125. The molecule has 0 saturated carbocycles. The molecule has 1 amide bonds. The topological polar surface area (TPSA) is 107 Å². The lowest BCUT2D eigenvalue weighted by atomic mass is 10.2. The van der Waals surface area contributed by atoms with Gasteiger partial charge >= 0.3 is 5.69 Å². The van der Waals surface area contributed by atoms with Crippen LogP contribution in [0.15, 0.2) is 52.2 Å². The number of nitrogens with one attached hydrogen (secondary N) is 1. The van der Waals surface area contributed by atoms with Gasteiger partial charge in [-0.05, 0) is 42.8 Å². The van der Waals surface area contributed by atoms with Gasteiger partial charge in [0.2, 0.25) is 0 Å². The Balaban J connectivity index is 1.82. The number of carbonyl (C=O) groups excluding carboxylic acids is 1. The Bertz CT molecular complexity index is 766. The number of aryl methyl sites for hydroxylation is 1. The molecule has 0 bridgehead atoms. The Morgan fingerprint density at radius 2 is 2.29 bits per heavy atom. The van der Waals surface area contributed by atoms with E-state index in [2.05, 4.69) is 10.5 Å². The molecule has 1 aromatic heterocycles. The smallest absolute Gasteiger partial charge is 0.311 e. The van der Waals surface area contributed by atoms with Crippen molar-refractivity contribution in [3.8, 4) is 5.75 Å². The minimum atomic E-state index is -0.558. The molecule has 0 unspecified atom stereocenters. The van der Waals surface area contributed by atoms with E-state index in [4.69, 9.17) is 9.15 Å². The Labute approximate surface area is 137 Å². The summed E-state index contributed by atoms with van der Waals surface area (Å²) in [5.74, 6) is 0.151. The summed E-state index contributed by atoms with van der Waals surface area (Å²) >= 11 is 0. The van der Waals surface area contributed by atoms with Crippen LogP contribution in [0.25, 0.3) is 6.08 Å². The van der Waals surface area contributed by atoms with Crippen LogP contribution in [-0.2, 0) is 4.79 Å². The summed E-state index contributed by atoms with van der Waals surface area (Å²) in [5, 5.41) is 14.6. The molecule has 8 nitrogen and oxygen atoms in total. The third-order valence-electron chi connectivity index (χ3n) is 2.82. The third kappa shape index (κ3) is 5.09. The van der Waals surface area contributed by atoms with Crippen molar-refractivity contribution in [1.29, 1.82) is 0 Å². The molecule has 0 aliphatic heterocycles. The number of hydrogen-bond acceptors (Lipinski definition) is 6. The standard InChI is InChI=1S/C16H15N3O5/c1-12-6-7-15(14(10-12)19(21)22)24-11-16(20)18-17-8-2-4-13-5-3-9-23-13/h2-10H,11H2,1H3,(H,18,20). The minimum Gasteiger partial charge on any atom is -0.477 e. The van der Waals surface area contributed by atoms with Gasteiger partial charge in [-0.25, -0.2) is 5.43 Å². The van der Waals surface area contributed by atoms with E-state index >= 15 is 0 Å². The number of nitro benzene ring substituents is 1. The molecule has 1 N–H and O–H groups in total.